The van der Waals surface area contributed by atoms with Crippen LogP contribution in [0.2, 0.25) is 0 Å². The number of hydrogen-bond donors (Lipinski definition) is 2. The minimum absolute atomic E-state index is 0.0156. The zero-order valence-corrected chi connectivity index (χ0v) is 14.2. The summed E-state index contributed by atoms with van der Waals surface area (Å²) < 4.78 is 24.3. The standard InChI is InChI=1S/C18H19FN2O4/c1-11(22)20-13-4-6-15(19)16(10-13)21-18(23)9-12-8-14(24-2)5-7-17(12)25-3/h4-8,10H,9H2,1-3H3,(H,20,22)(H,21,23). The molecule has 0 bridgehead atoms. The van der Waals surface area contributed by atoms with Crippen LogP contribution in [0.3, 0.4) is 0 Å². The fourth-order valence-corrected chi connectivity index (χ4v) is 2.29. The summed E-state index contributed by atoms with van der Waals surface area (Å²) in [6.45, 7) is 1.34. The topological polar surface area (TPSA) is 76.7 Å². The summed E-state index contributed by atoms with van der Waals surface area (Å²) in [5.74, 6) is -0.193. The van der Waals surface area contributed by atoms with E-state index in [4.69, 9.17) is 9.47 Å². The fraction of sp³-hybridized carbons (Fsp3) is 0.222. The second-order valence-electron chi connectivity index (χ2n) is 5.28. The van der Waals surface area contributed by atoms with Gasteiger partial charge in [0.05, 0.1) is 26.3 Å². The van der Waals surface area contributed by atoms with Gasteiger partial charge in [-0.25, -0.2) is 4.39 Å². The Balaban J connectivity index is 2.16. The van der Waals surface area contributed by atoms with Crippen LogP contribution >= 0.6 is 0 Å². The number of carbonyl (C=O) groups is 2. The van der Waals surface area contributed by atoms with Crippen LogP contribution in [0.1, 0.15) is 12.5 Å². The zero-order chi connectivity index (χ0) is 18.4. The molecular weight excluding hydrogens is 327 g/mol. The van der Waals surface area contributed by atoms with E-state index in [0.29, 0.717) is 22.7 Å². The molecule has 2 amide bonds. The second-order valence-corrected chi connectivity index (χ2v) is 5.28. The Hall–Kier alpha value is -3.09. The number of ether oxygens (including phenoxy) is 2. The van der Waals surface area contributed by atoms with Crippen LogP contribution < -0.4 is 20.1 Å². The van der Waals surface area contributed by atoms with Gasteiger partial charge in [-0.2, -0.15) is 0 Å². The third-order valence-electron chi connectivity index (χ3n) is 3.40. The van der Waals surface area contributed by atoms with Gasteiger partial charge in [-0.05, 0) is 36.4 Å². The predicted octanol–water partition coefficient (Wildman–Crippen LogP) is 2.98. The Bertz CT molecular complexity index is 793. The van der Waals surface area contributed by atoms with Crippen molar-refractivity contribution in [3.8, 4) is 11.5 Å². The summed E-state index contributed by atoms with van der Waals surface area (Å²) in [7, 11) is 3.02. The molecule has 2 aromatic carbocycles. The smallest absolute Gasteiger partial charge is 0.229 e. The van der Waals surface area contributed by atoms with E-state index in [2.05, 4.69) is 10.6 Å². The first kappa shape index (κ1) is 18.3. The van der Waals surface area contributed by atoms with Crippen molar-refractivity contribution in [2.24, 2.45) is 0 Å². The normalized spacial score (nSPS) is 10.1. The largest absolute Gasteiger partial charge is 0.497 e. The van der Waals surface area contributed by atoms with Gasteiger partial charge in [-0.3, -0.25) is 9.59 Å². The van der Waals surface area contributed by atoms with Gasteiger partial charge < -0.3 is 20.1 Å². The number of anilines is 2. The van der Waals surface area contributed by atoms with Crippen molar-refractivity contribution in [3.05, 3.63) is 47.8 Å². The number of amides is 2. The summed E-state index contributed by atoms with van der Waals surface area (Å²) in [4.78, 5) is 23.4. The van der Waals surface area contributed by atoms with Crippen LogP contribution in [-0.4, -0.2) is 26.0 Å². The average molecular weight is 346 g/mol. The van der Waals surface area contributed by atoms with Crippen molar-refractivity contribution in [3.63, 3.8) is 0 Å². The number of hydrogen-bond acceptors (Lipinski definition) is 4. The summed E-state index contributed by atoms with van der Waals surface area (Å²) in [6, 6.07) is 9.04. The molecule has 0 saturated carbocycles. The molecular formula is C18H19FN2O4. The molecule has 2 aromatic rings. The molecule has 132 valence electrons. The second kappa shape index (κ2) is 8.14. The van der Waals surface area contributed by atoms with E-state index in [-0.39, 0.29) is 18.0 Å². The Morgan fingerprint density at radius 3 is 2.44 bits per heavy atom. The summed E-state index contributed by atoms with van der Waals surface area (Å²) >= 11 is 0. The van der Waals surface area contributed by atoms with Crippen molar-refractivity contribution >= 4 is 23.2 Å². The van der Waals surface area contributed by atoms with Crippen LogP contribution in [0.5, 0.6) is 11.5 Å². The molecule has 0 heterocycles. The molecule has 0 fully saturated rings. The van der Waals surface area contributed by atoms with Crippen LogP contribution in [0.15, 0.2) is 36.4 Å². The van der Waals surface area contributed by atoms with E-state index in [1.165, 1.54) is 39.3 Å². The van der Waals surface area contributed by atoms with Crippen molar-refractivity contribution in [2.45, 2.75) is 13.3 Å². The van der Waals surface area contributed by atoms with Crippen molar-refractivity contribution < 1.29 is 23.5 Å². The van der Waals surface area contributed by atoms with Gasteiger partial charge in [0.2, 0.25) is 11.8 Å². The lowest BCUT2D eigenvalue weighted by molar-refractivity contribution is -0.116. The lowest BCUT2D eigenvalue weighted by atomic mass is 10.1. The van der Waals surface area contributed by atoms with Gasteiger partial charge in [0.1, 0.15) is 17.3 Å². The first-order chi connectivity index (χ1) is 11.9. The highest BCUT2D eigenvalue weighted by Gasteiger charge is 2.13. The lowest BCUT2D eigenvalue weighted by Crippen LogP contribution is -2.16. The molecule has 0 aliphatic carbocycles. The van der Waals surface area contributed by atoms with Crippen LogP contribution in [0.25, 0.3) is 0 Å². The SMILES string of the molecule is COc1ccc(OC)c(CC(=O)Nc2cc(NC(C)=O)ccc2F)c1. The van der Waals surface area contributed by atoms with Crippen molar-refractivity contribution in [1.82, 2.24) is 0 Å². The number of benzene rings is 2. The van der Waals surface area contributed by atoms with Gasteiger partial charge >= 0.3 is 0 Å². The Morgan fingerprint density at radius 2 is 1.80 bits per heavy atom. The summed E-state index contributed by atoms with van der Waals surface area (Å²) in [6.07, 6.45) is -0.0236. The van der Waals surface area contributed by atoms with Crippen LogP contribution in [0, 0.1) is 5.82 Å². The summed E-state index contributed by atoms with van der Waals surface area (Å²) in [5.41, 5.74) is 0.985. The van der Waals surface area contributed by atoms with E-state index >= 15 is 0 Å². The maximum absolute atomic E-state index is 13.9. The van der Waals surface area contributed by atoms with Gasteiger partial charge in [-0.15, -0.1) is 0 Å². The van der Waals surface area contributed by atoms with E-state index < -0.39 is 11.7 Å². The molecule has 25 heavy (non-hydrogen) atoms. The molecule has 0 unspecified atom stereocenters. The highest BCUT2D eigenvalue weighted by atomic mass is 19.1. The summed E-state index contributed by atoms with van der Waals surface area (Å²) in [5, 5.41) is 5.03. The molecule has 2 N–H and O–H groups in total. The first-order valence-electron chi connectivity index (χ1n) is 7.51. The highest BCUT2D eigenvalue weighted by Crippen LogP contribution is 2.25. The van der Waals surface area contributed by atoms with E-state index in [0.717, 1.165) is 0 Å². The van der Waals surface area contributed by atoms with Gasteiger partial charge in [-0.1, -0.05) is 0 Å². The number of methoxy groups -OCH3 is 2. The average Bonchev–Trinajstić information content (AvgIpc) is 2.57. The van der Waals surface area contributed by atoms with Gasteiger partial charge in [0, 0.05) is 18.2 Å². The fourth-order valence-electron chi connectivity index (χ4n) is 2.29. The zero-order valence-electron chi connectivity index (χ0n) is 14.2. The number of halogens is 1. The van der Waals surface area contributed by atoms with Crippen molar-refractivity contribution in [2.75, 3.05) is 24.9 Å². The molecule has 2 rings (SSSR count). The Kier molecular flexibility index (Phi) is 5.94. The third kappa shape index (κ3) is 4.94. The monoisotopic (exact) mass is 346 g/mol. The quantitative estimate of drug-likeness (QED) is 0.843. The third-order valence-corrected chi connectivity index (χ3v) is 3.40. The van der Waals surface area contributed by atoms with E-state index in [9.17, 15) is 14.0 Å². The molecule has 0 radical (unpaired) electrons. The number of rotatable bonds is 6. The van der Waals surface area contributed by atoms with Crippen molar-refractivity contribution in [1.29, 1.82) is 0 Å². The molecule has 0 atom stereocenters. The molecule has 0 aliphatic rings. The number of carbonyl (C=O) groups excluding carboxylic acids is 2. The Labute approximate surface area is 144 Å². The minimum Gasteiger partial charge on any atom is -0.497 e. The molecule has 0 aliphatic heterocycles. The van der Waals surface area contributed by atoms with Crippen LogP contribution in [-0.2, 0) is 16.0 Å². The minimum atomic E-state index is -0.597. The van der Waals surface area contributed by atoms with E-state index in [1.54, 1.807) is 18.2 Å². The Morgan fingerprint density at radius 1 is 1.04 bits per heavy atom. The van der Waals surface area contributed by atoms with Crippen LogP contribution in [0.4, 0.5) is 15.8 Å². The lowest BCUT2D eigenvalue weighted by Gasteiger charge is -2.12. The van der Waals surface area contributed by atoms with Gasteiger partial charge in [0.25, 0.3) is 0 Å². The first-order valence-corrected chi connectivity index (χ1v) is 7.51. The molecule has 0 aromatic heterocycles. The predicted molar refractivity (Wildman–Crippen MR) is 92.6 cm³/mol. The molecule has 7 heteroatoms. The highest BCUT2D eigenvalue weighted by molar-refractivity contribution is 5.94. The molecule has 0 spiro atoms. The molecule has 6 nitrogen and oxygen atoms in total. The maximum atomic E-state index is 13.9. The molecule has 0 saturated heterocycles. The number of nitrogens with one attached hydrogen (secondary N) is 2. The van der Waals surface area contributed by atoms with Gasteiger partial charge in [0.15, 0.2) is 0 Å². The maximum Gasteiger partial charge on any atom is 0.229 e. The van der Waals surface area contributed by atoms with E-state index in [1.807, 2.05) is 0 Å².